The molecule has 0 aromatic carbocycles. The van der Waals surface area contributed by atoms with Crippen molar-refractivity contribution in [1.29, 1.82) is 5.26 Å². The van der Waals surface area contributed by atoms with E-state index in [0.29, 0.717) is 0 Å². The molecule has 0 unspecified atom stereocenters. The highest BCUT2D eigenvalue weighted by atomic mass is 35.7. The van der Waals surface area contributed by atoms with Crippen LogP contribution in [0.25, 0.3) is 0 Å². The van der Waals surface area contributed by atoms with Gasteiger partial charge in [-0.2, -0.15) is 5.26 Å². The van der Waals surface area contributed by atoms with E-state index in [-0.39, 0.29) is 9.77 Å². The number of hydrogen-bond acceptors (Lipinski definition) is 4. The van der Waals surface area contributed by atoms with Crippen LogP contribution in [0.1, 0.15) is 5.56 Å². The molecule has 1 heterocycles. The van der Waals surface area contributed by atoms with Gasteiger partial charge in [0.1, 0.15) is 6.07 Å². The molecule has 1 aromatic heterocycles. The Morgan fingerprint density at radius 3 is 2.64 bits per heavy atom. The van der Waals surface area contributed by atoms with E-state index in [2.05, 4.69) is 0 Å². The Labute approximate surface area is 72.3 Å². The van der Waals surface area contributed by atoms with Crippen molar-refractivity contribution >= 4 is 31.1 Å². The highest BCUT2D eigenvalue weighted by Crippen LogP contribution is 2.24. The molecule has 0 N–H and O–H groups in total. The fraction of sp³-hybridized carbons (Fsp3) is 0. The minimum absolute atomic E-state index is 0.0818. The predicted molar refractivity (Wildman–Crippen MR) is 42.1 cm³/mol. The molecule has 0 saturated carbocycles. The van der Waals surface area contributed by atoms with Gasteiger partial charge in [0.15, 0.2) is 4.21 Å². The number of halogens is 1. The first-order valence-electron chi connectivity index (χ1n) is 2.48. The average Bonchev–Trinajstić information content (AvgIpc) is 2.31. The van der Waals surface area contributed by atoms with Crippen molar-refractivity contribution in [2.24, 2.45) is 0 Å². The van der Waals surface area contributed by atoms with Crippen LogP contribution >= 0.6 is 22.0 Å². The topological polar surface area (TPSA) is 57.9 Å². The van der Waals surface area contributed by atoms with Gasteiger partial charge in [0.25, 0.3) is 9.05 Å². The van der Waals surface area contributed by atoms with E-state index in [1.807, 2.05) is 0 Å². The average molecular weight is 208 g/mol. The summed E-state index contributed by atoms with van der Waals surface area (Å²) in [6, 6.07) is 3.15. The molecule has 58 valence electrons. The highest BCUT2D eigenvalue weighted by Gasteiger charge is 2.16. The fourth-order valence-electron chi connectivity index (χ4n) is 0.567. The Kier molecular flexibility index (Phi) is 2.18. The molecule has 6 heteroatoms. The van der Waals surface area contributed by atoms with E-state index in [9.17, 15) is 8.42 Å². The highest BCUT2D eigenvalue weighted by molar-refractivity contribution is 8.15. The number of nitriles is 1. The van der Waals surface area contributed by atoms with Crippen LogP contribution in [0.2, 0.25) is 0 Å². The molecule has 0 aliphatic rings. The van der Waals surface area contributed by atoms with Crippen molar-refractivity contribution in [3.05, 3.63) is 17.0 Å². The molecule has 0 aliphatic carbocycles. The zero-order valence-corrected chi connectivity index (χ0v) is 7.50. The molecule has 0 aliphatic heterocycles. The van der Waals surface area contributed by atoms with E-state index in [1.165, 1.54) is 11.4 Å². The maximum absolute atomic E-state index is 10.7. The summed E-state index contributed by atoms with van der Waals surface area (Å²) in [5.74, 6) is 0. The molecule has 0 amide bonds. The number of hydrogen-bond donors (Lipinski definition) is 0. The molecular formula is C5H2ClNO2S2. The van der Waals surface area contributed by atoms with Gasteiger partial charge in [-0.25, -0.2) is 8.42 Å². The van der Waals surface area contributed by atoms with Crippen LogP contribution < -0.4 is 0 Å². The molecule has 0 saturated heterocycles. The summed E-state index contributed by atoms with van der Waals surface area (Å²) in [4.78, 5) is 0. The summed E-state index contributed by atoms with van der Waals surface area (Å²) < 4.78 is 21.3. The Balaban J connectivity index is 3.39. The summed E-state index contributed by atoms with van der Waals surface area (Å²) in [5, 5.41) is 9.91. The standard InChI is InChI=1S/C5H2ClNO2S2/c6-11(8,9)5-4(3-7)1-2-10-5/h1-2H. The van der Waals surface area contributed by atoms with Crippen LogP contribution in [-0.2, 0) is 9.05 Å². The summed E-state index contributed by atoms with van der Waals surface area (Å²) >= 11 is 0.939. The lowest BCUT2D eigenvalue weighted by Gasteiger charge is -1.87. The molecule has 0 atom stereocenters. The summed E-state index contributed by atoms with van der Waals surface area (Å²) in [5.41, 5.74) is 0.102. The fourth-order valence-corrected chi connectivity index (χ4v) is 2.71. The third-order valence-corrected chi connectivity index (χ3v) is 4.02. The normalized spacial score (nSPS) is 10.9. The summed E-state index contributed by atoms with van der Waals surface area (Å²) in [7, 11) is 1.28. The first-order chi connectivity index (χ1) is 5.05. The molecule has 1 rings (SSSR count). The van der Waals surface area contributed by atoms with Gasteiger partial charge in [0, 0.05) is 10.7 Å². The molecule has 1 aromatic rings. The van der Waals surface area contributed by atoms with Gasteiger partial charge in [0.05, 0.1) is 5.56 Å². The number of thiophene rings is 1. The van der Waals surface area contributed by atoms with Crippen molar-refractivity contribution < 1.29 is 8.42 Å². The second-order valence-corrected chi connectivity index (χ2v) is 5.35. The second-order valence-electron chi connectivity index (χ2n) is 1.67. The number of nitrogens with zero attached hydrogens (tertiary/aromatic N) is 1. The summed E-state index contributed by atoms with van der Waals surface area (Å²) in [6.07, 6.45) is 0. The van der Waals surface area contributed by atoms with Gasteiger partial charge in [-0.3, -0.25) is 0 Å². The quantitative estimate of drug-likeness (QED) is 0.657. The van der Waals surface area contributed by atoms with E-state index in [1.54, 1.807) is 6.07 Å². The molecule has 3 nitrogen and oxygen atoms in total. The van der Waals surface area contributed by atoms with Crippen LogP contribution in [0.5, 0.6) is 0 Å². The molecular weight excluding hydrogens is 206 g/mol. The van der Waals surface area contributed by atoms with Gasteiger partial charge in [0.2, 0.25) is 0 Å². The van der Waals surface area contributed by atoms with Crippen molar-refractivity contribution in [3.8, 4) is 6.07 Å². The Hall–Kier alpha value is -0.570. The van der Waals surface area contributed by atoms with Gasteiger partial charge < -0.3 is 0 Å². The van der Waals surface area contributed by atoms with Crippen molar-refractivity contribution in [3.63, 3.8) is 0 Å². The zero-order chi connectivity index (χ0) is 8.48. The predicted octanol–water partition coefficient (Wildman–Crippen LogP) is 1.55. The van der Waals surface area contributed by atoms with Gasteiger partial charge in [-0.05, 0) is 11.4 Å². The first-order valence-corrected chi connectivity index (χ1v) is 5.67. The van der Waals surface area contributed by atoms with Gasteiger partial charge in [-0.1, -0.05) is 0 Å². The third-order valence-electron chi connectivity index (χ3n) is 0.972. The van der Waals surface area contributed by atoms with Crippen LogP contribution in [0.15, 0.2) is 15.7 Å². The van der Waals surface area contributed by atoms with Crippen molar-refractivity contribution in [2.45, 2.75) is 4.21 Å². The monoisotopic (exact) mass is 207 g/mol. The molecule has 0 spiro atoms. The van der Waals surface area contributed by atoms with Crippen LogP contribution in [-0.4, -0.2) is 8.42 Å². The Morgan fingerprint density at radius 2 is 2.27 bits per heavy atom. The van der Waals surface area contributed by atoms with Crippen molar-refractivity contribution in [1.82, 2.24) is 0 Å². The molecule has 0 bridgehead atoms. The first kappa shape index (κ1) is 8.53. The number of rotatable bonds is 1. The minimum atomic E-state index is -3.73. The largest absolute Gasteiger partial charge is 0.272 e. The lowest BCUT2D eigenvalue weighted by molar-refractivity contribution is 0.611. The maximum Gasteiger partial charge on any atom is 0.272 e. The molecule has 0 radical (unpaired) electrons. The lowest BCUT2D eigenvalue weighted by atomic mass is 10.4. The van der Waals surface area contributed by atoms with Crippen LogP contribution in [0, 0.1) is 11.3 Å². The van der Waals surface area contributed by atoms with Crippen LogP contribution in [0.3, 0.4) is 0 Å². The maximum atomic E-state index is 10.7. The zero-order valence-electron chi connectivity index (χ0n) is 5.11. The Morgan fingerprint density at radius 1 is 1.64 bits per heavy atom. The van der Waals surface area contributed by atoms with E-state index in [4.69, 9.17) is 15.9 Å². The van der Waals surface area contributed by atoms with E-state index in [0.717, 1.165) is 11.3 Å². The second kappa shape index (κ2) is 2.81. The summed E-state index contributed by atoms with van der Waals surface area (Å²) in [6.45, 7) is 0. The third kappa shape index (κ3) is 1.71. The van der Waals surface area contributed by atoms with Gasteiger partial charge in [-0.15, -0.1) is 11.3 Å². The lowest BCUT2D eigenvalue weighted by Crippen LogP contribution is -1.88. The molecule has 0 fully saturated rings. The smallest absolute Gasteiger partial charge is 0.206 e. The van der Waals surface area contributed by atoms with Gasteiger partial charge >= 0.3 is 0 Å². The molecule has 11 heavy (non-hydrogen) atoms. The Bertz CT molecular complexity index is 400. The van der Waals surface area contributed by atoms with E-state index >= 15 is 0 Å². The van der Waals surface area contributed by atoms with E-state index < -0.39 is 9.05 Å². The van der Waals surface area contributed by atoms with Crippen molar-refractivity contribution in [2.75, 3.05) is 0 Å². The SMILES string of the molecule is N#Cc1ccsc1S(=O)(=O)Cl. The minimum Gasteiger partial charge on any atom is -0.206 e. The van der Waals surface area contributed by atoms with Crippen LogP contribution in [0.4, 0.5) is 0 Å².